The van der Waals surface area contributed by atoms with Gasteiger partial charge in [0.05, 0.1) is 7.11 Å². The van der Waals surface area contributed by atoms with Crippen molar-refractivity contribution in [2.75, 3.05) is 13.7 Å². The van der Waals surface area contributed by atoms with Gasteiger partial charge in [0.1, 0.15) is 0 Å². The number of hydrogen-bond acceptors (Lipinski definition) is 3. The van der Waals surface area contributed by atoms with Crippen LogP contribution in [0.15, 0.2) is 18.3 Å². The average molecular weight is 190 g/mol. The Morgan fingerprint density at radius 1 is 1.57 bits per heavy atom. The molecule has 0 unspecified atom stereocenters. The maximum absolute atomic E-state index is 5.36. The molecule has 3 heteroatoms. The number of ether oxygens (including phenoxy) is 1. The molecule has 0 spiro atoms. The fourth-order valence-electron chi connectivity index (χ4n) is 0.986. The van der Waals surface area contributed by atoms with E-state index in [0.29, 0.717) is 18.0 Å². The van der Waals surface area contributed by atoms with Crippen molar-refractivity contribution in [1.82, 2.24) is 4.98 Å². The summed E-state index contributed by atoms with van der Waals surface area (Å²) in [6, 6.07) is 3.67. The lowest BCUT2D eigenvalue weighted by Gasteiger charge is -1.99. The summed E-state index contributed by atoms with van der Waals surface area (Å²) < 4.78 is 5.11. The maximum atomic E-state index is 5.36. The minimum absolute atomic E-state index is 0.675. The molecule has 1 aromatic heterocycles. The maximum Gasteiger partial charge on any atom is 0.155 e. The zero-order valence-electron chi connectivity index (χ0n) is 8.29. The highest BCUT2D eigenvalue weighted by atomic mass is 16.5. The molecule has 1 aromatic rings. The number of hydrogen-bond donors (Lipinski definition) is 1. The molecular weight excluding hydrogens is 176 g/mol. The molecule has 0 aliphatic rings. The van der Waals surface area contributed by atoms with Gasteiger partial charge in [0.25, 0.3) is 0 Å². The van der Waals surface area contributed by atoms with Crippen molar-refractivity contribution in [1.29, 1.82) is 0 Å². The summed E-state index contributed by atoms with van der Waals surface area (Å²) in [5, 5.41) is 0. The molecule has 0 aliphatic heterocycles. The summed E-state index contributed by atoms with van der Waals surface area (Å²) in [6.45, 7) is 0.675. The highest BCUT2D eigenvalue weighted by molar-refractivity contribution is 5.40. The Labute approximate surface area is 84.3 Å². The molecule has 1 rings (SSSR count). The Morgan fingerprint density at radius 2 is 2.43 bits per heavy atom. The van der Waals surface area contributed by atoms with Crippen LogP contribution in [0, 0.1) is 11.8 Å². The van der Waals surface area contributed by atoms with Gasteiger partial charge in [0.15, 0.2) is 11.4 Å². The summed E-state index contributed by atoms with van der Waals surface area (Å²) in [7, 11) is 1.61. The van der Waals surface area contributed by atoms with Crippen LogP contribution in [-0.2, 0) is 0 Å². The van der Waals surface area contributed by atoms with Gasteiger partial charge in [0.2, 0.25) is 0 Å². The van der Waals surface area contributed by atoms with Crippen LogP contribution in [0.2, 0.25) is 0 Å². The molecule has 0 saturated carbocycles. The van der Waals surface area contributed by atoms with Crippen molar-refractivity contribution in [3.63, 3.8) is 0 Å². The van der Waals surface area contributed by atoms with Gasteiger partial charge >= 0.3 is 0 Å². The van der Waals surface area contributed by atoms with E-state index in [1.54, 1.807) is 13.3 Å². The lowest BCUT2D eigenvalue weighted by Crippen LogP contribution is -1.96. The Balaban J connectivity index is 2.68. The van der Waals surface area contributed by atoms with Crippen LogP contribution >= 0.6 is 0 Å². The van der Waals surface area contributed by atoms with Gasteiger partial charge in [-0.25, -0.2) is 4.98 Å². The van der Waals surface area contributed by atoms with E-state index in [2.05, 4.69) is 16.8 Å². The van der Waals surface area contributed by atoms with Crippen molar-refractivity contribution >= 4 is 0 Å². The third-order valence-corrected chi connectivity index (χ3v) is 1.70. The largest absolute Gasteiger partial charge is 0.494 e. The predicted molar refractivity (Wildman–Crippen MR) is 56.0 cm³/mol. The van der Waals surface area contributed by atoms with E-state index in [-0.39, 0.29) is 0 Å². The van der Waals surface area contributed by atoms with Gasteiger partial charge in [-0.2, -0.15) is 0 Å². The number of nitrogens with zero attached hydrogens (tertiary/aromatic N) is 1. The van der Waals surface area contributed by atoms with Crippen molar-refractivity contribution in [3.05, 3.63) is 24.0 Å². The van der Waals surface area contributed by atoms with E-state index in [0.717, 1.165) is 12.8 Å². The van der Waals surface area contributed by atoms with Crippen molar-refractivity contribution in [3.8, 4) is 17.6 Å². The number of pyridine rings is 1. The van der Waals surface area contributed by atoms with E-state index in [1.165, 1.54) is 0 Å². The molecule has 74 valence electrons. The Kier molecular flexibility index (Phi) is 4.53. The summed E-state index contributed by atoms with van der Waals surface area (Å²) in [5.41, 5.74) is 6.04. The second kappa shape index (κ2) is 6.01. The smallest absolute Gasteiger partial charge is 0.155 e. The van der Waals surface area contributed by atoms with Gasteiger partial charge in [0, 0.05) is 12.6 Å². The summed E-state index contributed by atoms with van der Waals surface area (Å²) in [6.07, 6.45) is 3.42. The van der Waals surface area contributed by atoms with E-state index in [4.69, 9.17) is 10.5 Å². The number of methoxy groups -OCH3 is 1. The summed E-state index contributed by atoms with van der Waals surface area (Å²) in [5.74, 6) is 6.68. The van der Waals surface area contributed by atoms with Crippen LogP contribution in [0.1, 0.15) is 18.5 Å². The monoisotopic (exact) mass is 190 g/mol. The molecule has 0 bridgehead atoms. The third kappa shape index (κ3) is 3.08. The number of rotatable bonds is 3. The first kappa shape index (κ1) is 10.6. The topological polar surface area (TPSA) is 48.1 Å². The molecule has 2 N–H and O–H groups in total. The summed E-state index contributed by atoms with van der Waals surface area (Å²) in [4.78, 5) is 4.12. The zero-order chi connectivity index (χ0) is 10.2. The Hall–Kier alpha value is -1.53. The molecule has 0 saturated heterocycles. The first-order valence-electron chi connectivity index (χ1n) is 4.56. The lowest BCUT2D eigenvalue weighted by molar-refractivity contribution is 0.411. The zero-order valence-corrected chi connectivity index (χ0v) is 8.29. The van der Waals surface area contributed by atoms with Gasteiger partial charge in [-0.3, -0.25) is 0 Å². The number of aromatic nitrogens is 1. The van der Waals surface area contributed by atoms with Crippen molar-refractivity contribution in [2.45, 2.75) is 12.8 Å². The molecule has 0 fully saturated rings. The Morgan fingerprint density at radius 3 is 3.14 bits per heavy atom. The minimum atomic E-state index is 0.675. The summed E-state index contributed by atoms with van der Waals surface area (Å²) >= 11 is 0. The van der Waals surface area contributed by atoms with E-state index >= 15 is 0 Å². The SMILES string of the molecule is COc1cccnc1C#CCCCN. The van der Waals surface area contributed by atoms with Crippen LogP contribution in [0.5, 0.6) is 5.75 Å². The normalized spacial score (nSPS) is 9.00. The highest BCUT2D eigenvalue weighted by Gasteiger charge is 1.97. The van der Waals surface area contributed by atoms with Gasteiger partial charge < -0.3 is 10.5 Å². The van der Waals surface area contributed by atoms with E-state index < -0.39 is 0 Å². The molecule has 14 heavy (non-hydrogen) atoms. The number of unbranched alkanes of at least 4 members (excludes halogenated alkanes) is 1. The molecule has 0 atom stereocenters. The standard InChI is InChI=1S/C11H14N2O/c1-14-11-7-5-9-13-10(11)6-3-2-4-8-12/h5,7,9H,2,4,8,12H2,1H3. The van der Waals surface area contributed by atoms with Crippen LogP contribution in [-0.4, -0.2) is 18.6 Å². The second-order valence-electron chi connectivity index (χ2n) is 2.75. The molecular formula is C11H14N2O. The van der Waals surface area contributed by atoms with Crippen molar-refractivity contribution in [2.24, 2.45) is 5.73 Å². The first-order valence-corrected chi connectivity index (χ1v) is 4.56. The lowest BCUT2D eigenvalue weighted by atomic mass is 10.3. The van der Waals surface area contributed by atoms with Crippen LogP contribution < -0.4 is 10.5 Å². The molecule has 0 aromatic carbocycles. The average Bonchev–Trinajstić information content (AvgIpc) is 2.25. The second-order valence-corrected chi connectivity index (χ2v) is 2.75. The van der Waals surface area contributed by atoms with Gasteiger partial charge in [-0.15, -0.1) is 0 Å². The van der Waals surface area contributed by atoms with Crippen LogP contribution in [0.4, 0.5) is 0 Å². The molecule has 3 nitrogen and oxygen atoms in total. The third-order valence-electron chi connectivity index (χ3n) is 1.70. The predicted octanol–water partition coefficient (Wildman–Crippen LogP) is 1.18. The van der Waals surface area contributed by atoms with Crippen LogP contribution in [0.25, 0.3) is 0 Å². The quantitative estimate of drug-likeness (QED) is 0.575. The first-order chi connectivity index (χ1) is 6.88. The molecule has 0 amide bonds. The fraction of sp³-hybridized carbons (Fsp3) is 0.364. The minimum Gasteiger partial charge on any atom is -0.494 e. The fourth-order valence-corrected chi connectivity index (χ4v) is 0.986. The molecule has 0 aliphatic carbocycles. The van der Waals surface area contributed by atoms with Gasteiger partial charge in [-0.05, 0) is 31.0 Å². The molecule has 0 radical (unpaired) electrons. The highest BCUT2D eigenvalue weighted by Crippen LogP contribution is 2.12. The molecule has 1 heterocycles. The van der Waals surface area contributed by atoms with E-state index in [1.807, 2.05) is 12.1 Å². The van der Waals surface area contributed by atoms with Gasteiger partial charge in [-0.1, -0.05) is 5.92 Å². The number of nitrogens with two attached hydrogens (primary N) is 1. The Bertz CT molecular complexity index is 339. The van der Waals surface area contributed by atoms with Crippen molar-refractivity contribution < 1.29 is 4.74 Å². The van der Waals surface area contributed by atoms with E-state index in [9.17, 15) is 0 Å². The van der Waals surface area contributed by atoms with Crippen LogP contribution in [0.3, 0.4) is 0 Å².